The highest BCUT2D eigenvalue weighted by Crippen LogP contribution is 2.39. The van der Waals surface area contributed by atoms with Crippen LogP contribution in [0.3, 0.4) is 0 Å². The SMILES string of the molecule is CCN1CCN(c2ccc(NC(=O)CN3C(=O)N(C)C4(CCCCC4)C3=O)cc2)CC1. The quantitative estimate of drug-likeness (QED) is 0.730. The molecule has 4 rings (SSSR count). The summed E-state index contributed by atoms with van der Waals surface area (Å²) in [5, 5.41) is 2.83. The van der Waals surface area contributed by atoms with Crippen molar-refractivity contribution in [1.29, 1.82) is 0 Å². The maximum atomic E-state index is 13.0. The van der Waals surface area contributed by atoms with Gasteiger partial charge in [-0.05, 0) is 43.7 Å². The van der Waals surface area contributed by atoms with Crippen LogP contribution in [0.25, 0.3) is 0 Å². The van der Waals surface area contributed by atoms with Gasteiger partial charge < -0.3 is 20.0 Å². The zero-order valence-corrected chi connectivity index (χ0v) is 18.6. The van der Waals surface area contributed by atoms with Crippen molar-refractivity contribution in [2.24, 2.45) is 0 Å². The number of rotatable bonds is 5. The highest BCUT2D eigenvalue weighted by molar-refractivity contribution is 6.10. The number of amides is 4. The molecular weight excluding hydrogens is 394 g/mol. The molecule has 2 aliphatic heterocycles. The second-order valence-corrected chi connectivity index (χ2v) is 8.84. The Morgan fingerprint density at radius 3 is 2.26 bits per heavy atom. The van der Waals surface area contributed by atoms with Crippen LogP contribution < -0.4 is 10.2 Å². The minimum absolute atomic E-state index is 0.226. The topological polar surface area (TPSA) is 76.2 Å². The van der Waals surface area contributed by atoms with Crippen LogP contribution in [-0.4, -0.2) is 84.4 Å². The van der Waals surface area contributed by atoms with E-state index in [-0.39, 0.29) is 24.4 Å². The second-order valence-electron chi connectivity index (χ2n) is 8.84. The number of likely N-dealkylation sites (N-methyl/N-ethyl adjacent to an activating group) is 2. The zero-order valence-electron chi connectivity index (χ0n) is 18.6. The normalized spacial score (nSPS) is 21.8. The van der Waals surface area contributed by atoms with Crippen LogP contribution >= 0.6 is 0 Å². The van der Waals surface area contributed by atoms with Crippen molar-refractivity contribution < 1.29 is 14.4 Å². The molecule has 4 amide bonds. The number of imide groups is 1. The Morgan fingerprint density at radius 2 is 1.65 bits per heavy atom. The molecular formula is C23H33N5O3. The molecule has 0 radical (unpaired) electrons. The van der Waals surface area contributed by atoms with Gasteiger partial charge in [-0.25, -0.2) is 4.79 Å². The third-order valence-electron chi connectivity index (χ3n) is 7.12. The van der Waals surface area contributed by atoms with E-state index < -0.39 is 5.54 Å². The lowest BCUT2D eigenvalue weighted by molar-refractivity contribution is -0.136. The maximum Gasteiger partial charge on any atom is 0.327 e. The second kappa shape index (κ2) is 8.86. The summed E-state index contributed by atoms with van der Waals surface area (Å²) in [5.74, 6) is -0.580. The van der Waals surface area contributed by atoms with Crippen molar-refractivity contribution in [3.8, 4) is 0 Å². The van der Waals surface area contributed by atoms with Gasteiger partial charge >= 0.3 is 6.03 Å². The molecule has 1 aliphatic carbocycles. The van der Waals surface area contributed by atoms with Crippen molar-refractivity contribution in [3.05, 3.63) is 24.3 Å². The lowest BCUT2D eigenvalue weighted by Crippen LogP contribution is -2.49. The first-order valence-electron chi connectivity index (χ1n) is 11.4. The third kappa shape index (κ3) is 4.13. The number of piperazine rings is 1. The Balaban J connectivity index is 1.35. The standard InChI is InChI=1S/C23H33N5O3/c1-3-26-13-15-27(16-14-26)19-9-7-18(8-10-19)24-20(29)17-28-21(30)23(25(2)22(28)31)11-5-4-6-12-23/h7-10H,3-6,11-17H2,1-2H3,(H,24,29). The molecule has 0 aromatic heterocycles. The van der Waals surface area contributed by atoms with Gasteiger partial charge in [0.2, 0.25) is 5.91 Å². The van der Waals surface area contributed by atoms with Gasteiger partial charge in [-0.1, -0.05) is 26.2 Å². The lowest BCUT2D eigenvalue weighted by Gasteiger charge is -2.35. The summed E-state index contributed by atoms with van der Waals surface area (Å²) in [5.41, 5.74) is 1.05. The molecule has 8 nitrogen and oxygen atoms in total. The molecule has 1 saturated carbocycles. The molecule has 3 aliphatic rings. The third-order valence-corrected chi connectivity index (χ3v) is 7.12. The number of hydrogen-bond donors (Lipinski definition) is 1. The van der Waals surface area contributed by atoms with Gasteiger partial charge in [0.05, 0.1) is 0 Å². The van der Waals surface area contributed by atoms with Crippen molar-refractivity contribution in [3.63, 3.8) is 0 Å². The Morgan fingerprint density at radius 1 is 1.00 bits per heavy atom. The zero-order chi connectivity index (χ0) is 22.0. The van der Waals surface area contributed by atoms with Crippen molar-refractivity contribution in [2.45, 2.75) is 44.6 Å². The first kappa shape index (κ1) is 21.6. The Bertz CT molecular complexity index is 826. The highest BCUT2D eigenvalue weighted by atomic mass is 16.2. The average molecular weight is 428 g/mol. The molecule has 0 bridgehead atoms. The minimum atomic E-state index is -0.751. The fourth-order valence-corrected chi connectivity index (χ4v) is 5.09. The van der Waals surface area contributed by atoms with Gasteiger partial charge in [0.1, 0.15) is 12.1 Å². The number of anilines is 2. The van der Waals surface area contributed by atoms with Crippen LogP contribution in [0.1, 0.15) is 39.0 Å². The largest absolute Gasteiger partial charge is 0.369 e. The van der Waals surface area contributed by atoms with Crippen LogP contribution in [-0.2, 0) is 9.59 Å². The molecule has 2 heterocycles. The van der Waals surface area contributed by atoms with E-state index in [1.54, 1.807) is 11.9 Å². The first-order valence-corrected chi connectivity index (χ1v) is 11.4. The Kier molecular flexibility index (Phi) is 6.18. The van der Waals surface area contributed by atoms with E-state index >= 15 is 0 Å². The summed E-state index contributed by atoms with van der Waals surface area (Å²) in [6.45, 7) is 7.12. The number of carbonyl (C=O) groups excluding carboxylic acids is 3. The number of urea groups is 1. The molecule has 0 atom stereocenters. The monoisotopic (exact) mass is 427 g/mol. The predicted molar refractivity (Wildman–Crippen MR) is 120 cm³/mol. The molecule has 0 unspecified atom stereocenters. The lowest BCUT2D eigenvalue weighted by atomic mass is 9.81. The molecule has 3 fully saturated rings. The number of hydrogen-bond acceptors (Lipinski definition) is 5. The molecule has 1 N–H and O–H groups in total. The maximum absolute atomic E-state index is 13.0. The van der Waals surface area contributed by atoms with Crippen molar-refractivity contribution >= 4 is 29.2 Å². The van der Waals surface area contributed by atoms with Crippen molar-refractivity contribution in [1.82, 2.24) is 14.7 Å². The van der Waals surface area contributed by atoms with E-state index in [1.807, 2.05) is 24.3 Å². The Labute approximate surface area is 184 Å². The van der Waals surface area contributed by atoms with E-state index in [0.29, 0.717) is 18.5 Å². The van der Waals surface area contributed by atoms with Gasteiger partial charge in [-0.15, -0.1) is 0 Å². The highest BCUT2D eigenvalue weighted by Gasteiger charge is 2.55. The molecule has 1 aromatic carbocycles. The Hall–Kier alpha value is -2.61. The summed E-state index contributed by atoms with van der Waals surface area (Å²) < 4.78 is 0. The van der Waals surface area contributed by atoms with Crippen LogP contribution in [0.15, 0.2) is 24.3 Å². The van der Waals surface area contributed by atoms with Gasteiger partial charge in [0, 0.05) is 44.6 Å². The number of carbonyl (C=O) groups is 3. The fourth-order valence-electron chi connectivity index (χ4n) is 5.09. The van der Waals surface area contributed by atoms with Gasteiger partial charge in [0.15, 0.2) is 0 Å². The molecule has 8 heteroatoms. The summed E-state index contributed by atoms with van der Waals surface area (Å²) in [6.07, 6.45) is 4.31. The van der Waals surface area contributed by atoms with Crippen LogP contribution in [0, 0.1) is 0 Å². The van der Waals surface area contributed by atoms with E-state index in [4.69, 9.17) is 0 Å². The van der Waals surface area contributed by atoms with E-state index in [9.17, 15) is 14.4 Å². The van der Waals surface area contributed by atoms with Gasteiger partial charge in [-0.3, -0.25) is 14.5 Å². The van der Waals surface area contributed by atoms with Crippen molar-refractivity contribution in [2.75, 3.05) is 56.5 Å². The van der Waals surface area contributed by atoms with Crippen LogP contribution in [0.4, 0.5) is 16.2 Å². The van der Waals surface area contributed by atoms with Gasteiger partial charge in [-0.2, -0.15) is 0 Å². The summed E-state index contributed by atoms with van der Waals surface area (Å²) in [6, 6.07) is 7.40. The number of nitrogens with zero attached hydrogens (tertiary/aromatic N) is 4. The summed E-state index contributed by atoms with van der Waals surface area (Å²) in [7, 11) is 1.68. The molecule has 1 spiro atoms. The molecule has 2 saturated heterocycles. The van der Waals surface area contributed by atoms with E-state index in [2.05, 4.69) is 22.0 Å². The average Bonchev–Trinajstić information content (AvgIpc) is 2.96. The van der Waals surface area contributed by atoms with E-state index in [1.165, 1.54) is 0 Å². The predicted octanol–water partition coefficient (Wildman–Crippen LogP) is 2.36. The number of benzene rings is 1. The molecule has 168 valence electrons. The van der Waals surface area contributed by atoms with Gasteiger partial charge in [0.25, 0.3) is 5.91 Å². The molecule has 31 heavy (non-hydrogen) atoms. The first-order chi connectivity index (χ1) is 14.9. The van der Waals surface area contributed by atoms with Crippen LogP contribution in [0.5, 0.6) is 0 Å². The van der Waals surface area contributed by atoms with E-state index in [0.717, 1.165) is 62.6 Å². The molecule has 1 aromatic rings. The summed E-state index contributed by atoms with van der Waals surface area (Å²) in [4.78, 5) is 45.8. The fraction of sp³-hybridized carbons (Fsp3) is 0.609. The minimum Gasteiger partial charge on any atom is -0.369 e. The number of nitrogens with one attached hydrogen (secondary N) is 1. The summed E-state index contributed by atoms with van der Waals surface area (Å²) >= 11 is 0. The smallest absolute Gasteiger partial charge is 0.327 e. The van der Waals surface area contributed by atoms with Crippen LogP contribution in [0.2, 0.25) is 0 Å².